The number of carbonyl (C=O) groups is 1. The van der Waals surface area contributed by atoms with Gasteiger partial charge in [-0.1, -0.05) is 0 Å². The van der Waals surface area contributed by atoms with Gasteiger partial charge in [-0.25, -0.2) is 4.79 Å². The van der Waals surface area contributed by atoms with Gasteiger partial charge in [0.05, 0.1) is 12.1 Å². The van der Waals surface area contributed by atoms with Crippen LogP contribution in [0.4, 0.5) is 4.79 Å². The molecule has 1 N–H and O–H groups in total. The van der Waals surface area contributed by atoms with Gasteiger partial charge in [-0.3, -0.25) is 0 Å². The van der Waals surface area contributed by atoms with Crippen LogP contribution in [-0.4, -0.2) is 66.8 Å². The van der Waals surface area contributed by atoms with Gasteiger partial charge in [-0.05, 0) is 52.0 Å². The predicted molar refractivity (Wildman–Crippen MR) is 82.3 cm³/mol. The van der Waals surface area contributed by atoms with Crippen LogP contribution in [0.3, 0.4) is 0 Å². The second-order valence-electron chi connectivity index (χ2n) is 7.26. The molecule has 3 aliphatic rings. The van der Waals surface area contributed by atoms with Gasteiger partial charge in [0.2, 0.25) is 0 Å². The standard InChI is InChI=1S/C16H29N3O2/c1-12(2)19-15(20)18(7-8-21-3)11-16(19)9-13-5-4-6-17-14(13)10-16/h12-14,17H,4-11H2,1-3H3. The maximum atomic E-state index is 12.8. The zero-order valence-corrected chi connectivity index (χ0v) is 13.6. The van der Waals surface area contributed by atoms with Gasteiger partial charge >= 0.3 is 6.03 Å². The molecule has 0 radical (unpaired) electrons. The van der Waals surface area contributed by atoms with E-state index >= 15 is 0 Å². The lowest BCUT2D eigenvalue weighted by Crippen LogP contribution is -2.49. The fraction of sp³-hybridized carbons (Fsp3) is 0.938. The lowest BCUT2D eigenvalue weighted by atomic mass is 9.91. The molecule has 0 aromatic heterocycles. The summed E-state index contributed by atoms with van der Waals surface area (Å²) in [6, 6.07) is 1.08. The second-order valence-corrected chi connectivity index (χ2v) is 7.26. The van der Waals surface area contributed by atoms with Crippen LogP contribution < -0.4 is 5.32 Å². The molecule has 3 fully saturated rings. The summed E-state index contributed by atoms with van der Waals surface area (Å²) >= 11 is 0. The van der Waals surface area contributed by atoms with Crippen molar-refractivity contribution in [1.29, 1.82) is 0 Å². The van der Waals surface area contributed by atoms with Gasteiger partial charge in [0.15, 0.2) is 0 Å². The molecule has 3 rings (SSSR count). The summed E-state index contributed by atoms with van der Waals surface area (Å²) in [6.07, 6.45) is 4.88. The largest absolute Gasteiger partial charge is 0.383 e. The Kier molecular flexibility index (Phi) is 4.14. The maximum Gasteiger partial charge on any atom is 0.320 e. The number of hydrogen-bond donors (Lipinski definition) is 1. The van der Waals surface area contributed by atoms with Crippen molar-refractivity contribution in [3.63, 3.8) is 0 Å². The third-order valence-electron chi connectivity index (χ3n) is 5.52. The number of carbonyl (C=O) groups excluding carboxylic acids is 1. The van der Waals surface area contributed by atoms with Crippen molar-refractivity contribution < 1.29 is 9.53 Å². The van der Waals surface area contributed by atoms with Crippen LogP contribution in [0.2, 0.25) is 0 Å². The van der Waals surface area contributed by atoms with Gasteiger partial charge in [0, 0.05) is 32.3 Å². The van der Waals surface area contributed by atoms with Crippen molar-refractivity contribution in [3.8, 4) is 0 Å². The Bertz CT molecular complexity index is 385. The van der Waals surface area contributed by atoms with E-state index in [1.807, 2.05) is 4.90 Å². The molecule has 5 heteroatoms. The molecule has 5 nitrogen and oxygen atoms in total. The lowest BCUT2D eigenvalue weighted by molar-refractivity contribution is 0.128. The Morgan fingerprint density at radius 1 is 1.43 bits per heavy atom. The molecule has 120 valence electrons. The average Bonchev–Trinajstić information content (AvgIpc) is 2.93. The number of hydrogen-bond acceptors (Lipinski definition) is 3. The summed E-state index contributed by atoms with van der Waals surface area (Å²) in [5.41, 5.74) is 0.0473. The van der Waals surface area contributed by atoms with Gasteiger partial charge in [-0.2, -0.15) is 0 Å². The molecule has 0 aromatic rings. The number of nitrogens with zero attached hydrogens (tertiary/aromatic N) is 2. The third-order valence-corrected chi connectivity index (χ3v) is 5.52. The molecule has 2 heterocycles. The molecule has 3 unspecified atom stereocenters. The van der Waals surface area contributed by atoms with E-state index in [0.717, 1.165) is 31.8 Å². The zero-order valence-electron chi connectivity index (χ0n) is 13.6. The van der Waals surface area contributed by atoms with Gasteiger partial charge in [-0.15, -0.1) is 0 Å². The molecule has 2 aliphatic heterocycles. The van der Waals surface area contributed by atoms with E-state index in [1.165, 1.54) is 12.8 Å². The number of amides is 2. The lowest BCUT2D eigenvalue weighted by Gasteiger charge is -2.36. The summed E-state index contributed by atoms with van der Waals surface area (Å²) in [5.74, 6) is 0.746. The number of piperidine rings is 1. The zero-order chi connectivity index (χ0) is 15.0. The highest BCUT2D eigenvalue weighted by Crippen LogP contribution is 2.47. The Labute approximate surface area is 128 Å². The molecule has 1 aliphatic carbocycles. The van der Waals surface area contributed by atoms with Crippen LogP contribution in [-0.2, 0) is 4.74 Å². The van der Waals surface area contributed by atoms with Crippen molar-refractivity contribution in [3.05, 3.63) is 0 Å². The van der Waals surface area contributed by atoms with Crippen LogP contribution in [0.5, 0.6) is 0 Å². The predicted octanol–water partition coefficient (Wildman–Crippen LogP) is 1.68. The Hall–Kier alpha value is -0.810. The SMILES string of the molecule is COCCN1CC2(CC3CCCNC3C2)N(C(C)C)C1=O. The summed E-state index contributed by atoms with van der Waals surface area (Å²) in [6.45, 7) is 7.65. The molecule has 1 saturated carbocycles. The van der Waals surface area contributed by atoms with Crippen LogP contribution in [0, 0.1) is 5.92 Å². The first-order chi connectivity index (χ1) is 10.1. The van der Waals surface area contributed by atoms with E-state index in [9.17, 15) is 4.79 Å². The minimum Gasteiger partial charge on any atom is -0.383 e. The smallest absolute Gasteiger partial charge is 0.320 e. The average molecular weight is 295 g/mol. The quantitative estimate of drug-likeness (QED) is 0.858. The number of nitrogens with one attached hydrogen (secondary N) is 1. The Morgan fingerprint density at radius 3 is 2.90 bits per heavy atom. The van der Waals surface area contributed by atoms with Crippen molar-refractivity contribution in [2.24, 2.45) is 5.92 Å². The molecular formula is C16H29N3O2. The molecule has 21 heavy (non-hydrogen) atoms. The third kappa shape index (κ3) is 2.55. The molecule has 3 atom stereocenters. The summed E-state index contributed by atoms with van der Waals surface area (Å²) in [5, 5.41) is 3.68. The van der Waals surface area contributed by atoms with Crippen molar-refractivity contribution in [2.45, 2.75) is 57.2 Å². The van der Waals surface area contributed by atoms with Crippen molar-refractivity contribution >= 4 is 6.03 Å². The van der Waals surface area contributed by atoms with E-state index in [1.54, 1.807) is 7.11 Å². The number of methoxy groups -OCH3 is 1. The van der Waals surface area contributed by atoms with E-state index in [4.69, 9.17) is 4.74 Å². The van der Waals surface area contributed by atoms with Crippen LogP contribution in [0.15, 0.2) is 0 Å². The number of urea groups is 1. The fourth-order valence-electron chi connectivity index (χ4n) is 4.81. The summed E-state index contributed by atoms with van der Waals surface area (Å²) in [7, 11) is 1.70. The van der Waals surface area contributed by atoms with Crippen LogP contribution in [0.25, 0.3) is 0 Å². The summed E-state index contributed by atoms with van der Waals surface area (Å²) in [4.78, 5) is 17.0. The highest BCUT2D eigenvalue weighted by atomic mass is 16.5. The van der Waals surface area contributed by atoms with E-state index in [2.05, 4.69) is 24.1 Å². The molecule has 0 bridgehead atoms. The maximum absolute atomic E-state index is 12.8. The Balaban J connectivity index is 1.80. The minimum atomic E-state index is 0.0473. The minimum absolute atomic E-state index is 0.0473. The monoisotopic (exact) mass is 295 g/mol. The number of ether oxygens (including phenoxy) is 1. The second kappa shape index (κ2) is 5.76. The molecule has 2 saturated heterocycles. The topological polar surface area (TPSA) is 44.8 Å². The van der Waals surface area contributed by atoms with E-state index in [-0.39, 0.29) is 17.6 Å². The van der Waals surface area contributed by atoms with E-state index < -0.39 is 0 Å². The van der Waals surface area contributed by atoms with Gasteiger partial charge < -0.3 is 19.9 Å². The highest BCUT2D eigenvalue weighted by molar-refractivity contribution is 5.78. The summed E-state index contributed by atoms with van der Waals surface area (Å²) < 4.78 is 5.17. The van der Waals surface area contributed by atoms with E-state index in [0.29, 0.717) is 19.2 Å². The van der Waals surface area contributed by atoms with Crippen LogP contribution in [0.1, 0.15) is 39.5 Å². The number of fused-ring (bicyclic) bond motifs is 1. The van der Waals surface area contributed by atoms with Gasteiger partial charge in [0.25, 0.3) is 0 Å². The first kappa shape index (κ1) is 15.1. The first-order valence-corrected chi connectivity index (χ1v) is 8.38. The number of rotatable bonds is 4. The van der Waals surface area contributed by atoms with Crippen molar-refractivity contribution in [1.82, 2.24) is 15.1 Å². The fourth-order valence-corrected chi connectivity index (χ4v) is 4.81. The van der Waals surface area contributed by atoms with Crippen molar-refractivity contribution in [2.75, 3.05) is 33.4 Å². The molecule has 1 spiro atoms. The normalized spacial score (nSPS) is 36.1. The Morgan fingerprint density at radius 2 is 2.24 bits per heavy atom. The molecule has 0 aromatic carbocycles. The molecule has 2 amide bonds. The first-order valence-electron chi connectivity index (χ1n) is 8.38. The molecular weight excluding hydrogens is 266 g/mol. The van der Waals surface area contributed by atoms with Crippen LogP contribution >= 0.6 is 0 Å². The highest BCUT2D eigenvalue weighted by Gasteiger charge is 2.56. The van der Waals surface area contributed by atoms with Gasteiger partial charge in [0.1, 0.15) is 0 Å².